The van der Waals surface area contributed by atoms with Gasteiger partial charge < -0.3 is 25.4 Å². The highest BCUT2D eigenvalue weighted by molar-refractivity contribution is 6.41. The van der Waals surface area contributed by atoms with Crippen molar-refractivity contribution in [3.63, 3.8) is 0 Å². The van der Waals surface area contributed by atoms with Crippen molar-refractivity contribution in [1.82, 2.24) is 24.8 Å². The summed E-state index contributed by atoms with van der Waals surface area (Å²) in [6.45, 7) is 6.13. The van der Waals surface area contributed by atoms with E-state index < -0.39 is 5.97 Å². The van der Waals surface area contributed by atoms with Crippen LogP contribution in [0.4, 0.5) is 5.82 Å². The lowest BCUT2D eigenvalue weighted by molar-refractivity contribution is 0.0698. The highest BCUT2D eigenvalue weighted by Gasteiger charge is 2.23. The zero-order valence-corrected chi connectivity index (χ0v) is 24.8. The number of hydrogen-bond acceptors (Lipinski definition) is 10. The summed E-state index contributed by atoms with van der Waals surface area (Å²) in [7, 11) is 2.95. The molecule has 1 saturated heterocycles. The molecule has 5 rings (SSSR count). The summed E-state index contributed by atoms with van der Waals surface area (Å²) in [5, 5.41) is 18.8. The number of rotatable bonds is 8. The van der Waals surface area contributed by atoms with Gasteiger partial charge >= 0.3 is 5.97 Å². The van der Waals surface area contributed by atoms with Crippen LogP contribution in [0.2, 0.25) is 10.0 Å². The van der Waals surface area contributed by atoms with Gasteiger partial charge in [0.05, 0.1) is 42.0 Å². The van der Waals surface area contributed by atoms with Gasteiger partial charge in [-0.05, 0) is 17.7 Å². The number of nitrogens with zero attached hydrogens (tertiary/aromatic N) is 5. The lowest BCUT2D eigenvalue weighted by Gasteiger charge is -2.34. The molecule has 1 aliphatic rings. The van der Waals surface area contributed by atoms with Crippen LogP contribution in [0.25, 0.3) is 22.2 Å². The van der Waals surface area contributed by atoms with Gasteiger partial charge in [-0.15, -0.1) is 0 Å². The number of aromatic carboxylic acids is 1. The van der Waals surface area contributed by atoms with Gasteiger partial charge in [0.1, 0.15) is 22.8 Å². The summed E-state index contributed by atoms with van der Waals surface area (Å²) in [4.78, 5) is 28.6. The largest absolute Gasteiger partial charge is 0.495 e. The molecule has 3 heterocycles. The molecule has 1 fully saturated rings. The van der Waals surface area contributed by atoms with E-state index in [4.69, 9.17) is 43.5 Å². The molecule has 11 nitrogen and oxygen atoms in total. The lowest BCUT2D eigenvalue weighted by atomic mass is 10.00. The highest BCUT2D eigenvalue weighted by Crippen LogP contribution is 2.47. The molecular formula is C29H32Cl2N6O5. The molecule has 4 N–H and O–H groups in total. The van der Waals surface area contributed by atoms with Gasteiger partial charge in [-0.1, -0.05) is 35.3 Å². The zero-order valence-electron chi connectivity index (χ0n) is 23.3. The molecule has 1 aliphatic heterocycles. The number of β-amino-alcohol motifs (C(OH)–C–C–N with tert-alkyl or cyclic N) is 1. The Bertz CT molecular complexity index is 1500. The first-order valence-electron chi connectivity index (χ1n) is 13.1. The minimum Gasteiger partial charge on any atom is -0.495 e. The molecule has 42 heavy (non-hydrogen) atoms. The Balaban J connectivity index is 0.000000208. The van der Waals surface area contributed by atoms with Crippen LogP contribution in [0.3, 0.4) is 0 Å². The number of fused-ring (bicyclic) bond motifs is 1. The van der Waals surface area contributed by atoms with E-state index in [-0.39, 0.29) is 27.7 Å². The summed E-state index contributed by atoms with van der Waals surface area (Å²) >= 11 is 12.9. The quantitative estimate of drug-likeness (QED) is 0.263. The molecule has 0 amide bonds. The number of carbonyl (C=O) groups is 1. The summed E-state index contributed by atoms with van der Waals surface area (Å²) in [6.07, 6.45) is 4.74. The Morgan fingerprint density at radius 2 is 1.55 bits per heavy atom. The number of ether oxygens (including phenoxy) is 2. The van der Waals surface area contributed by atoms with E-state index in [9.17, 15) is 9.90 Å². The maximum absolute atomic E-state index is 11.4. The number of pyridine rings is 1. The van der Waals surface area contributed by atoms with E-state index in [0.29, 0.717) is 34.0 Å². The third kappa shape index (κ3) is 7.18. The number of aromatic nitrogens is 3. The van der Waals surface area contributed by atoms with Crippen molar-refractivity contribution in [1.29, 1.82) is 0 Å². The molecule has 13 heteroatoms. The second-order valence-electron chi connectivity index (χ2n) is 9.44. The van der Waals surface area contributed by atoms with Crippen molar-refractivity contribution in [2.24, 2.45) is 0 Å². The van der Waals surface area contributed by atoms with E-state index in [1.807, 2.05) is 18.3 Å². The Hall–Kier alpha value is -3.74. The Morgan fingerprint density at radius 1 is 0.929 bits per heavy atom. The predicted octanol–water partition coefficient (Wildman–Crippen LogP) is 4.09. The van der Waals surface area contributed by atoms with Crippen LogP contribution in [-0.2, 0) is 6.54 Å². The molecule has 0 saturated carbocycles. The van der Waals surface area contributed by atoms with Gasteiger partial charge in [0, 0.05) is 75.1 Å². The minimum atomic E-state index is -1.10. The van der Waals surface area contributed by atoms with Crippen LogP contribution in [0.15, 0.2) is 48.9 Å². The topological polar surface area (TPSA) is 147 Å². The summed E-state index contributed by atoms with van der Waals surface area (Å²) in [5.41, 5.74) is 8.36. The third-order valence-electron chi connectivity index (χ3n) is 6.83. The average molecular weight is 616 g/mol. The average Bonchev–Trinajstić information content (AvgIpc) is 3.00. The van der Waals surface area contributed by atoms with Gasteiger partial charge in [-0.2, -0.15) is 0 Å². The summed E-state index contributed by atoms with van der Waals surface area (Å²) < 4.78 is 10.6. The first-order chi connectivity index (χ1) is 20.3. The number of carboxylic acid groups (broad SMARTS) is 1. The van der Waals surface area contributed by atoms with Crippen molar-refractivity contribution >= 4 is 46.0 Å². The minimum absolute atomic E-state index is 0.0361. The second kappa shape index (κ2) is 14.4. The number of halogens is 2. The van der Waals surface area contributed by atoms with Gasteiger partial charge in [0.2, 0.25) is 0 Å². The smallest absolute Gasteiger partial charge is 0.337 e. The van der Waals surface area contributed by atoms with Crippen LogP contribution in [0, 0.1) is 0 Å². The number of aliphatic hydroxyl groups excluding tert-OH is 1. The SMILES string of the molecule is COc1cc(OC)c(Cl)c(-c2ccc(C(=O)O)c3nccnc23)c1Cl.Nc1ccc(CN2CCN(CCO)CC2)cn1. The van der Waals surface area contributed by atoms with Gasteiger partial charge in [0.15, 0.2) is 0 Å². The molecule has 222 valence electrons. The first kappa shape index (κ1) is 31.2. The molecule has 0 radical (unpaired) electrons. The van der Waals surface area contributed by atoms with Crippen molar-refractivity contribution in [3.8, 4) is 22.6 Å². The number of carboxylic acids is 1. The molecular weight excluding hydrogens is 583 g/mol. The fourth-order valence-corrected chi connectivity index (χ4v) is 5.36. The molecule has 0 aliphatic carbocycles. The van der Waals surface area contributed by atoms with E-state index >= 15 is 0 Å². The monoisotopic (exact) mass is 614 g/mol. The number of benzene rings is 2. The molecule has 4 aromatic rings. The lowest BCUT2D eigenvalue weighted by Crippen LogP contribution is -2.46. The van der Waals surface area contributed by atoms with Crippen molar-refractivity contribution in [2.45, 2.75) is 6.54 Å². The van der Waals surface area contributed by atoms with Crippen LogP contribution in [-0.4, -0.2) is 94.5 Å². The van der Waals surface area contributed by atoms with E-state index in [1.165, 1.54) is 38.2 Å². The molecule has 2 aromatic heterocycles. The van der Waals surface area contributed by atoms with Gasteiger partial charge in [-0.3, -0.25) is 19.8 Å². The maximum atomic E-state index is 11.4. The Labute approximate surface area is 253 Å². The van der Waals surface area contributed by atoms with Crippen LogP contribution < -0.4 is 15.2 Å². The van der Waals surface area contributed by atoms with Crippen molar-refractivity contribution in [3.05, 3.63) is 70.1 Å². The first-order valence-corrected chi connectivity index (χ1v) is 13.9. The molecule has 0 spiro atoms. The number of anilines is 1. The van der Waals surface area contributed by atoms with Crippen LogP contribution in [0.1, 0.15) is 15.9 Å². The van der Waals surface area contributed by atoms with Gasteiger partial charge in [0.25, 0.3) is 0 Å². The number of piperazine rings is 1. The van der Waals surface area contributed by atoms with Crippen molar-refractivity contribution < 1.29 is 24.5 Å². The van der Waals surface area contributed by atoms with Crippen molar-refractivity contribution in [2.75, 3.05) is 59.3 Å². The van der Waals surface area contributed by atoms with Gasteiger partial charge in [-0.25, -0.2) is 9.78 Å². The normalized spacial score (nSPS) is 13.8. The Morgan fingerprint density at radius 3 is 2.10 bits per heavy atom. The zero-order chi connectivity index (χ0) is 30.2. The number of hydrogen-bond donors (Lipinski definition) is 3. The fourth-order valence-electron chi connectivity index (χ4n) is 4.65. The third-order valence-corrected chi connectivity index (χ3v) is 7.58. The number of nitrogen functional groups attached to an aromatic ring is 1. The van der Waals surface area contributed by atoms with Crippen LogP contribution in [0.5, 0.6) is 11.5 Å². The highest BCUT2D eigenvalue weighted by atomic mass is 35.5. The predicted molar refractivity (Wildman–Crippen MR) is 163 cm³/mol. The summed E-state index contributed by atoms with van der Waals surface area (Å²) in [5.74, 6) is 0.216. The van der Waals surface area contributed by atoms with E-state index in [2.05, 4.69) is 24.8 Å². The molecule has 0 atom stereocenters. The summed E-state index contributed by atoms with van der Waals surface area (Å²) in [6, 6.07) is 8.48. The second-order valence-corrected chi connectivity index (χ2v) is 10.2. The van der Waals surface area contributed by atoms with E-state index in [0.717, 1.165) is 39.3 Å². The molecule has 0 bridgehead atoms. The van der Waals surface area contributed by atoms with E-state index in [1.54, 1.807) is 12.1 Å². The molecule has 2 aromatic carbocycles. The maximum Gasteiger partial charge on any atom is 0.337 e. The standard InChI is InChI=1S/C17H12Cl2N2O4.C12H20N4O/c1-24-10-7-11(25-2)14(19)12(13(10)18)8-3-4-9(17(22)23)16-15(8)20-5-6-21-16;13-12-2-1-11(9-14-12)10-16-5-3-15(4-6-16)7-8-17/h3-7H,1-2H3,(H,22,23);1-2,9,17H,3-8,10H2,(H2,13,14). The Kier molecular flexibility index (Phi) is 10.7. The number of aliphatic hydroxyl groups is 1. The number of methoxy groups -OCH3 is 2. The molecule has 0 unspecified atom stereocenters. The fraction of sp³-hybridized carbons (Fsp3) is 0.310. The number of nitrogens with two attached hydrogens (primary N) is 1. The van der Waals surface area contributed by atoms with Crippen LogP contribution >= 0.6 is 23.2 Å².